The third-order valence-electron chi connectivity index (χ3n) is 4.64. The quantitative estimate of drug-likeness (QED) is 0.522. The summed E-state index contributed by atoms with van der Waals surface area (Å²) in [5.74, 6) is -1.58. The molecule has 0 radical (unpaired) electrons. The van der Waals surface area contributed by atoms with Gasteiger partial charge in [0.25, 0.3) is 11.8 Å². The summed E-state index contributed by atoms with van der Waals surface area (Å²) in [6, 6.07) is 3.92. The molecule has 0 aliphatic heterocycles. The molecular weight excluding hydrogens is 442 g/mol. The van der Waals surface area contributed by atoms with Gasteiger partial charge in [-0.2, -0.15) is 0 Å². The monoisotopic (exact) mass is 461 g/mol. The maximum Gasteiger partial charge on any atom is 0.312 e. The number of carbonyl (C=O) groups is 3. The Kier molecular flexibility index (Phi) is 6.26. The first-order valence-electron chi connectivity index (χ1n) is 9.39. The van der Waals surface area contributed by atoms with Crippen LogP contribution in [-0.4, -0.2) is 29.4 Å². The number of thiazole rings is 1. The van der Waals surface area contributed by atoms with Gasteiger partial charge in [-0.3, -0.25) is 14.4 Å². The molecule has 10 heteroatoms. The van der Waals surface area contributed by atoms with Crippen LogP contribution in [0, 0.1) is 0 Å². The molecule has 0 spiro atoms. The van der Waals surface area contributed by atoms with Crippen LogP contribution < -0.4 is 11.1 Å². The molecule has 7 nitrogen and oxygen atoms in total. The van der Waals surface area contributed by atoms with E-state index in [0.29, 0.717) is 16.3 Å². The van der Waals surface area contributed by atoms with E-state index in [1.807, 2.05) is 22.9 Å². The van der Waals surface area contributed by atoms with Crippen molar-refractivity contribution in [2.24, 2.45) is 5.73 Å². The van der Waals surface area contributed by atoms with E-state index in [9.17, 15) is 14.4 Å². The van der Waals surface area contributed by atoms with E-state index in [-0.39, 0.29) is 6.42 Å². The van der Waals surface area contributed by atoms with Gasteiger partial charge >= 0.3 is 5.97 Å². The first kappa shape index (κ1) is 20.7. The van der Waals surface area contributed by atoms with Crippen LogP contribution in [0.4, 0.5) is 5.00 Å². The minimum absolute atomic E-state index is 0.00497. The molecule has 0 bridgehead atoms. The smallest absolute Gasteiger partial charge is 0.312 e. The van der Waals surface area contributed by atoms with Gasteiger partial charge in [0.1, 0.15) is 10.0 Å². The summed E-state index contributed by atoms with van der Waals surface area (Å²) in [5.41, 5.74) is 7.46. The number of rotatable bonds is 7. The van der Waals surface area contributed by atoms with Crippen LogP contribution in [0.1, 0.15) is 39.3 Å². The van der Waals surface area contributed by atoms with Gasteiger partial charge in [0.2, 0.25) is 0 Å². The van der Waals surface area contributed by atoms with Crippen LogP contribution in [0.25, 0.3) is 9.88 Å². The van der Waals surface area contributed by atoms with Crippen LogP contribution in [0.5, 0.6) is 0 Å². The average Bonchev–Trinajstić information content (AvgIpc) is 3.45. The van der Waals surface area contributed by atoms with E-state index in [2.05, 4.69) is 10.3 Å². The number of ether oxygens (including phenoxy) is 1. The third-order valence-corrected chi connectivity index (χ3v) is 7.78. The summed E-state index contributed by atoms with van der Waals surface area (Å²) in [5, 5.41) is 7.75. The molecule has 0 atom stereocenters. The van der Waals surface area contributed by atoms with Gasteiger partial charge in [0.15, 0.2) is 6.61 Å². The first-order chi connectivity index (χ1) is 14.5. The summed E-state index contributed by atoms with van der Waals surface area (Å²) >= 11 is 4.42. The van der Waals surface area contributed by atoms with Crippen molar-refractivity contribution in [1.82, 2.24) is 4.98 Å². The van der Waals surface area contributed by atoms with Gasteiger partial charge in [-0.25, -0.2) is 4.98 Å². The van der Waals surface area contributed by atoms with Gasteiger partial charge in [-0.1, -0.05) is 6.07 Å². The minimum Gasteiger partial charge on any atom is -0.455 e. The molecule has 156 valence electrons. The maximum atomic E-state index is 12.3. The van der Waals surface area contributed by atoms with Gasteiger partial charge < -0.3 is 15.8 Å². The van der Waals surface area contributed by atoms with Crippen molar-refractivity contribution in [1.29, 1.82) is 0 Å². The molecular formula is C20H19N3O4S3. The molecule has 3 N–H and O–H groups in total. The van der Waals surface area contributed by atoms with Crippen molar-refractivity contribution in [3.05, 3.63) is 44.6 Å². The molecule has 0 saturated carbocycles. The second kappa shape index (κ2) is 9.07. The molecule has 3 heterocycles. The van der Waals surface area contributed by atoms with E-state index < -0.39 is 24.4 Å². The normalized spacial score (nSPS) is 12.9. The lowest BCUT2D eigenvalue weighted by atomic mass is 9.95. The number of carbonyl (C=O) groups excluding carboxylic acids is 3. The highest BCUT2D eigenvalue weighted by Gasteiger charge is 2.25. The van der Waals surface area contributed by atoms with E-state index >= 15 is 0 Å². The number of aromatic nitrogens is 1. The molecule has 4 rings (SSSR count). The highest BCUT2D eigenvalue weighted by molar-refractivity contribution is 7.20. The summed E-state index contributed by atoms with van der Waals surface area (Å²) in [4.78, 5) is 42.8. The van der Waals surface area contributed by atoms with E-state index in [1.165, 1.54) is 22.7 Å². The van der Waals surface area contributed by atoms with Crippen LogP contribution >= 0.6 is 34.0 Å². The Balaban J connectivity index is 1.32. The summed E-state index contributed by atoms with van der Waals surface area (Å²) < 4.78 is 5.09. The number of anilines is 1. The number of amides is 2. The molecule has 2 amide bonds. The topological polar surface area (TPSA) is 111 Å². The molecule has 0 aromatic carbocycles. The number of aryl methyl sites for hydroxylation is 1. The summed E-state index contributed by atoms with van der Waals surface area (Å²) in [6.45, 7) is -0.429. The minimum atomic E-state index is -0.549. The zero-order chi connectivity index (χ0) is 21.1. The fourth-order valence-corrected chi connectivity index (χ4v) is 6.27. The average molecular weight is 462 g/mol. The first-order valence-corrected chi connectivity index (χ1v) is 12.0. The van der Waals surface area contributed by atoms with Crippen LogP contribution in [0.3, 0.4) is 0 Å². The number of fused-ring (bicyclic) bond motifs is 1. The van der Waals surface area contributed by atoms with Crippen molar-refractivity contribution < 1.29 is 19.1 Å². The Morgan fingerprint density at radius 3 is 2.80 bits per heavy atom. The Labute approximate surface area is 184 Å². The number of nitrogens with one attached hydrogen (secondary N) is 1. The van der Waals surface area contributed by atoms with Crippen molar-refractivity contribution in [2.45, 2.75) is 32.1 Å². The number of nitrogens with two attached hydrogens (primary N) is 1. The molecule has 3 aromatic heterocycles. The Morgan fingerprint density at radius 2 is 2.03 bits per heavy atom. The van der Waals surface area contributed by atoms with Gasteiger partial charge in [0.05, 0.1) is 22.6 Å². The summed E-state index contributed by atoms with van der Waals surface area (Å²) in [7, 11) is 0. The Bertz CT molecular complexity index is 1090. The molecule has 1 aliphatic carbocycles. The number of hydrogen-bond acceptors (Lipinski definition) is 8. The zero-order valence-corrected chi connectivity index (χ0v) is 18.4. The highest BCUT2D eigenvalue weighted by Crippen LogP contribution is 2.37. The van der Waals surface area contributed by atoms with Crippen LogP contribution in [0.2, 0.25) is 0 Å². The number of nitrogens with zero attached hydrogens (tertiary/aromatic N) is 1. The van der Waals surface area contributed by atoms with E-state index in [0.717, 1.165) is 46.0 Å². The van der Waals surface area contributed by atoms with Crippen molar-refractivity contribution in [2.75, 3.05) is 11.9 Å². The van der Waals surface area contributed by atoms with E-state index in [4.69, 9.17) is 10.5 Å². The predicted octanol–water partition coefficient (Wildman–Crippen LogP) is 3.64. The lowest BCUT2D eigenvalue weighted by molar-refractivity contribution is -0.146. The molecule has 0 fully saturated rings. The number of primary amides is 1. The molecule has 30 heavy (non-hydrogen) atoms. The second-order valence-corrected chi connectivity index (χ2v) is 9.70. The lowest BCUT2D eigenvalue weighted by Crippen LogP contribution is -2.23. The number of esters is 1. The van der Waals surface area contributed by atoms with Crippen LogP contribution in [0.15, 0.2) is 22.9 Å². The highest BCUT2D eigenvalue weighted by atomic mass is 32.1. The maximum absolute atomic E-state index is 12.3. The largest absolute Gasteiger partial charge is 0.455 e. The van der Waals surface area contributed by atoms with Gasteiger partial charge in [-0.05, 0) is 42.7 Å². The third kappa shape index (κ3) is 4.61. The molecule has 0 unspecified atom stereocenters. The Morgan fingerprint density at radius 1 is 1.20 bits per heavy atom. The van der Waals surface area contributed by atoms with Crippen molar-refractivity contribution >= 4 is 56.8 Å². The molecule has 3 aromatic rings. The fraction of sp³-hybridized carbons (Fsp3) is 0.300. The van der Waals surface area contributed by atoms with Gasteiger partial charge in [-0.15, -0.1) is 34.0 Å². The second-order valence-electron chi connectivity index (χ2n) is 6.79. The SMILES string of the molecule is NC(=O)c1c(NC(=O)COC(=O)Cc2csc(-c3cccs3)n2)sc2c1CCCC2. The Hall–Kier alpha value is -2.56. The molecule has 1 aliphatic rings. The number of hydrogen-bond donors (Lipinski definition) is 2. The van der Waals surface area contributed by atoms with Crippen molar-refractivity contribution in [3.8, 4) is 9.88 Å². The fourth-order valence-electron chi connectivity index (χ4n) is 3.32. The standard InChI is InChI=1S/C20H19N3O4S3/c21-18(26)17-12-4-1-2-5-13(12)30-20(17)23-15(24)9-27-16(25)8-11-10-29-19(22-11)14-6-3-7-28-14/h3,6-7,10H,1-2,4-5,8-9H2,(H2,21,26)(H,23,24). The zero-order valence-electron chi connectivity index (χ0n) is 15.9. The van der Waals surface area contributed by atoms with Gasteiger partial charge in [0, 0.05) is 10.3 Å². The molecule has 0 saturated heterocycles. The van der Waals surface area contributed by atoms with Crippen LogP contribution in [-0.2, 0) is 33.6 Å². The predicted molar refractivity (Wildman–Crippen MR) is 118 cm³/mol. The summed E-state index contributed by atoms with van der Waals surface area (Å²) in [6.07, 6.45) is 3.72. The van der Waals surface area contributed by atoms with Crippen molar-refractivity contribution in [3.63, 3.8) is 0 Å². The number of thiophene rings is 2. The lowest BCUT2D eigenvalue weighted by Gasteiger charge is -2.11. The van der Waals surface area contributed by atoms with E-state index in [1.54, 1.807) is 11.3 Å².